The molecule has 1 unspecified atom stereocenters. The average molecular weight is 509 g/mol. The van der Waals surface area contributed by atoms with Crippen molar-refractivity contribution in [3.05, 3.63) is 53.1 Å². The Morgan fingerprint density at radius 1 is 1.16 bits per heavy atom. The summed E-state index contributed by atoms with van der Waals surface area (Å²) in [7, 11) is 0. The van der Waals surface area contributed by atoms with Gasteiger partial charge in [-0.1, -0.05) is 32.9 Å². The van der Waals surface area contributed by atoms with Crippen molar-refractivity contribution < 1.29 is 14.0 Å². The van der Waals surface area contributed by atoms with Crippen LogP contribution >= 0.6 is 0 Å². The number of piperazine rings is 1. The molecule has 0 spiro atoms. The molecule has 1 aromatic carbocycles. The van der Waals surface area contributed by atoms with Crippen LogP contribution in [0, 0.1) is 11.7 Å². The van der Waals surface area contributed by atoms with Gasteiger partial charge in [0.2, 0.25) is 11.8 Å². The van der Waals surface area contributed by atoms with Gasteiger partial charge in [-0.05, 0) is 36.6 Å². The number of nitrogens with zero attached hydrogens (tertiary/aromatic N) is 5. The topological polar surface area (TPSA) is 81.7 Å². The number of carbonyl (C=O) groups is 2. The van der Waals surface area contributed by atoms with Gasteiger partial charge in [0.1, 0.15) is 5.82 Å². The van der Waals surface area contributed by atoms with Crippen LogP contribution in [-0.2, 0) is 21.4 Å². The van der Waals surface area contributed by atoms with E-state index in [2.05, 4.69) is 48.1 Å². The third-order valence-corrected chi connectivity index (χ3v) is 7.81. The molecule has 2 saturated heterocycles. The Kier molecular flexibility index (Phi) is 7.02. The third-order valence-electron chi connectivity index (χ3n) is 7.81. The molecular formula is C28H37FN6O2. The first-order valence-corrected chi connectivity index (χ1v) is 13.3. The number of carbonyl (C=O) groups excluding carboxylic acids is 2. The van der Waals surface area contributed by atoms with E-state index >= 15 is 0 Å². The molecule has 3 atom stereocenters. The predicted molar refractivity (Wildman–Crippen MR) is 140 cm³/mol. The molecule has 5 rings (SSSR count). The van der Waals surface area contributed by atoms with Crippen molar-refractivity contribution in [1.29, 1.82) is 0 Å². The number of benzene rings is 1. The second kappa shape index (κ2) is 10.1. The predicted octanol–water partition coefficient (Wildman–Crippen LogP) is 2.36. The lowest BCUT2D eigenvalue weighted by atomic mass is 9.91. The normalized spacial score (nSPS) is 25.5. The lowest BCUT2D eigenvalue weighted by Gasteiger charge is -2.41. The van der Waals surface area contributed by atoms with Crippen molar-refractivity contribution >= 4 is 17.5 Å². The number of halogens is 1. The Labute approximate surface area is 218 Å². The lowest BCUT2D eigenvalue weighted by molar-refractivity contribution is -0.128. The van der Waals surface area contributed by atoms with E-state index in [0.717, 1.165) is 42.3 Å². The molecule has 9 heteroatoms. The maximum atomic E-state index is 13.8. The van der Waals surface area contributed by atoms with E-state index in [1.165, 1.54) is 12.1 Å². The summed E-state index contributed by atoms with van der Waals surface area (Å²) < 4.78 is 13.3. The van der Waals surface area contributed by atoms with E-state index in [-0.39, 0.29) is 35.1 Å². The molecule has 3 aliphatic heterocycles. The maximum absolute atomic E-state index is 13.8. The first-order valence-electron chi connectivity index (χ1n) is 13.3. The van der Waals surface area contributed by atoms with E-state index in [9.17, 15) is 14.0 Å². The van der Waals surface area contributed by atoms with Gasteiger partial charge < -0.3 is 15.1 Å². The van der Waals surface area contributed by atoms with Crippen molar-refractivity contribution in [2.24, 2.45) is 5.92 Å². The summed E-state index contributed by atoms with van der Waals surface area (Å²) in [5.41, 5.74) is 3.02. The van der Waals surface area contributed by atoms with Crippen LogP contribution < -0.4 is 10.2 Å². The molecule has 2 amide bonds. The monoisotopic (exact) mass is 508 g/mol. The Bertz CT molecular complexity index is 1170. The molecule has 1 aromatic heterocycles. The number of nitrogens with one attached hydrogen (secondary N) is 1. The second-order valence-corrected chi connectivity index (χ2v) is 11.7. The fraction of sp³-hybridized carbons (Fsp3) is 0.571. The van der Waals surface area contributed by atoms with Gasteiger partial charge in [-0.15, -0.1) is 0 Å². The van der Waals surface area contributed by atoms with Gasteiger partial charge >= 0.3 is 0 Å². The number of likely N-dealkylation sites (tertiary alicyclic amines) is 1. The number of hydrogen-bond acceptors (Lipinski definition) is 6. The molecule has 37 heavy (non-hydrogen) atoms. The highest BCUT2D eigenvalue weighted by atomic mass is 19.1. The SMILES string of the molecule is CC1CC(=O)N(C[C@H]2CN[C@H](C)CN2CC(=O)N2CC(C)(C)c3nnc(Cc4ccc(F)cc4)cc32)C1. The molecule has 4 heterocycles. The number of anilines is 1. The quantitative estimate of drug-likeness (QED) is 0.645. The number of aromatic nitrogens is 2. The highest BCUT2D eigenvalue weighted by molar-refractivity contribution is 5.97. The lowest BCUT2D eigenvalue weighted by Crippen LogP contribution is -2.61. The van der Waals surface area contributed by atoms with E-state index in [1.54, 1.807) is 12.1 Å². The Morgan fingerprint density at radius 2 is 1.92 bits per heavy atom. The van der Waals surface area contributed by atoms with Crippen LogP contribution in [0.25, 0.3) is 0 Å². The Morgan fingerprint density at radius 3 is 2.62 bits per heavy atom. The van der Waals surface area contributed by atoms with E-state index < -0.39 is 0 Å². The summed E-state index contributed by atoms with van der Waals surface area (Å²) in [5.74, 6) is 0.353. The van der Waals surface area contributed by atoms with E-state index in [1.807, 2.05) is 15.9 Å². The van der Waals surface area contributed by atoms with Crippen molar-refractivity contribution in [3.63, 3.8) is 0 Å². The van der Waals surface area contributed by atoms with Gasteiger partial charge in [-0.2, -0.15) is 10.2 Å². The minimum Gasteiger partial charge on any atom is -0.341 e. The number of rotatable bonds is 6. The van der Waals surface area contributed by atoms with Crippen LogP contribution in [0.4, 0.5) is 10.1 Å². The standard InChI is InChI=1S/C28H37FN6O2/c1-18-9-25(36)34(13-18)15-23-12-30-19(2)14-33(23)16-26(37)35-17-28(3,4)27-24(35)11-22(31-32-27)10-20-5-7-21(29)8-6-20/h5-8,11,18-19,23,30H,9-10,12-17H2,1-4H3/t18?,19-,23-/m1/s1. The van der Waals surface area contributed by atoms with Gasteiger partial charge in [-0.25, -0.2) is 4.39 Å². The Balaban J connectivity index is 1.33. The minimum absolute atomic E-state index is 0.0350. The second-order valence-electron chi connectivity index (χ2n) is 11.7. The van der Waals surface area contributed by atoms with Crippen LogP contribution in [0.5, 0.6) is 0 Å². The summed E-state index contributed by atoms with van der Waals surface area (Å²) in [6.45, 7) is 12.2. The third kappa shape index (κ3) is 5.52. The van der Waals surface area contributed by atoms with Gasteiger partial charge in [0, 0.05) is 63.1 Å². The summed E-state index contributed by atoms with van der Waals surface area (Å²) in [6.07, 6.45) is 1.12. The minimum atomic E-state index is -0.305. The molecule has 0 aliphatic carbocycles. The first kappa shape index (κ1) is 25.7. The molecule has 8 nitrogen and oxygen atoms in total. The average Bonchev–Trinajstić information content (AvgIpc) is 3.30. The van der Waals surface area contributed by atoms with Crippen LogP contribution in [0.3, 0.4) is 0 Å². The molecule has 2 fully saturated rings. The van der Waals surface area contributed by atoms with Crippen molar-refractivity contribution in [1.82, 2.24) is 25.3 Å². The smallest absolute Gasteiger partial charge is 0.241 e. The Hall–Kier alpha value is -2.91. The zero-order chi connectivity index (χ0) is 26.3. The fourth-order valence-electron chi connectivity index (χ4n) is 5.85. The summed E-state index contributed by atoms with van der Waals surface area (Å²) in [5, 5.41) is 12.5. The van der Waals surface area contributed by atoms with Gasteiger partial charge in [0.15, 0.2) is 0 Å². The van der Waals surface area contributed by atoms with Crippen molar-refractivity contribution in [3.8, 4) is 0 Å². The zero-order valence-electron chi connectivity index (χ0n) is 22.2. The van der Waals surface area contributed by atoms with Crippen LogP contribution in [0.1, 0.15) is 51.1 Å². The number of fused-ring (bicyclic) bond motifs is 1. The van der Waals surface area contributed by atoms with Crippen LogP contribution in [0.15, 0.2) is 30.3 Å². The molecular weight excluding hydrogens is 471 g/mol. The number of hydrogen-bond donors (Lipinski definition) is 1. The van der Waals surface area contributed by atoms with E-state index in [4.69, 9.17) is 0 Å². The van der Waals surface area contributed by atoms with Crippen LogP contribution in [-0.4, -0.2) is 83.2 Å². The summed E-state index contributed by atoms with van der Waals surface area (Å²) >= 11 is 0. The fourth-order valence-corrected chi connectivity index (χ4v) is 5.85. The van der Waals surface area contributed by atoms with E-state index in [0.29, 0.717) is 38.4 Å². The van der Waals surface area contributed by atoms with Gasteiger partial charge in [0.25, 0.3) is 0 Å². The zero-order valence-corrected chi connectivity index (χ0v) is 22.2. The highest BCUT2D eigenvalue weighted by Gasteiger charge is 2.41. The number of amides is 2. The molecule has 0 radical (unpaired) electrons. The summed E-state index contributed by atoms with van der Waals surface area (Å²) in [6, 6.07) is 8.69. The molecule has 1 N–H and O–H groups in total. The van der Waals surface area contributed by atoms with Gasteiger partial charge in [-0.3, -0.25) is 14.5 Å². The highest BCUT2D eigenvalue weighted by Crippen LogP contribution is 2.39. The molecule has 2 aromatic rings. The largest absolute Gasteiger partial charge is 0.341 e. The molecule has 0 bridgehead atoms. The molecule has 198 valence electrons. The van der Waals surface area contributed by atoms with Crippen LogP contribution in [0.2, 0.25) is 0 Å². The van der Waals surface area contributed by atoms with Crippen molar-refractivity contribution in [2.75, 3.05) is 44.2 Å². The summed E-state index contributed by atoms with van der Waals surface area (Å²) in [4.78, 5) is 32.2. The molecule has 3 aliphatic rings. The first-order chi connectivity index (χ1) is 17.6. The van der Waals surface area contributed by atoms with Gasteiger partial charge in [0.05, 0.1) is 23.6 Å². The maximum Gasteiger partial charge on any atom is 0.241 e. The van der Waals surface area contributed by atoms with Crippen molar-refractivity contribution in [2.45, 2.75) is 58.0 Å². The molecule has 0 saturated carbocycles.